The summed E-state index contributed by atoms with van der Waals surface area (Å²) in [6.07, 6.45) is 5.04. The van der Waals surface area contributed by atoms with E-state index in [1.165, 1.54) is 37.8 Å². The summed E-state index contributed by atoms with van der Waals surface area (Å²) in [6, 6.07) is 7.67. The van der Waals surface area contributed by atoms with Crippen molar-refractivity contribution >= 4 is 5.96 Å². The van der Waals surface area contributed by atoms with E-state index in [1.54, 1.807) is 6.07 Å². The van der Waals surface area contributed by atoms with E-state index in [-0.39, 0.29) is 5.82 Å². The number of halogens is 1. The summed E-state index contributed by atoms with van der Waals surface area (Å²) < 4.78 is 13.0. The molecule has 96 valence electrons. The first-order valence-corrected chi connectivity index (χ1v) is 6.63. The van der Waals surface area contributed by atoms with Gasteiger partial charge in [-0.3, -0.25) is 0 Å². The minimum Gasteiger partial charge on any atom is -0.352 e. The molecular formula is C14H18FN3. The number of hydrogen-bond acceptors (Lipinski definition) is 1. The van der Waals surface area contributed by atoms with Gasteiger partial charge in [-0.2, -0.15) is 0 Å². The molecule has 0 aromatic heterocycles. The highest BCUT2D eigenvalue weighted by atomic mass is 19.1. The molecule has 4 heteroatoms. The van der Waals surface area contributed by atoms with Crippen molar-refractivity contribution < 1.29 is 4.39 Å². The molecule has 2 aliphatic rings. The summed E-state index contributed by atoms with van der Waals surface area (Å²) in [5, 5.41) is 6.85. The van der Waals surface area contributed by atoms with E-state index < -0.39 is 0 Å². The molecule has 1 saturated heterocycles. The van der Waals surface area contributed by atoms with E-state index in [0.29, 0.717) is 18.6 Å². The Hall–Kier alpha value is -1.58. The number of aliphatic imine (C=N–C) groups is 1. The zero-order chi connectivity index (χ0) is 12.4. The van der Waals surface area contributed by atoms with Crippen LogP contribution in [-0.2, 0) is 6.54 Å². The fourth-order valence-electron chi connectivity index (χ4n) is 2.77. The molecule has 2 atom stereocenters. The minimum atomic E-state index is -0.200. The molecular weight excluding hydrogens is 229 g/mol. The zero-order valence-corrected chi connectivity index (χ0v) is 10.3. The average Bonchev–Trinajstić information content (AvgIpc) is 2.79. The topological polar surface area (TPSA) is 36.4 Å². The van der Waals surface area contributed by atoms with Crippen LogP contribution in [0.3, 0.4) is 0 Å². The van der Waals surface area contributed by atoms with E-state index in [9.17, 15) is 4.39 Å². The lowest BCUT2D eigenvalue weighted by Crippen LogP contribution is -2.36. The van der Waals surface area contributed by atoms with Crippen LogP contribution < -0.4 is 10.6 Å². The molecule has 3 rings (SSSR count). The van der Waals surface area contributed by atoms with Gasteiger partial charge in [0.2, 0.25) is 0 Å². The van der Waals surface area contributed by atoms with Crippen LogP contribution in [0.1, 0.15) is 31.2 Å². The molecule has 0 amide bonds. The SMILES string of the molecule is Fc1cccc(CN=C2NC3CCCCC3N2)c1. The Morgan fingerprint density at radius 2 is 1.89 bits per heavy atom. The van der Waals surface area contributed by atoms with Crippen molar-refractivity contribution in [3.8, 4) is 0 Å². The van der Waals surface area contributed by atoms with Crippen molar-refractivity contribution in [1.82, 2.24) is 10.6 Å². The number of fused-ring (bicyclic) bond motifs is 1. The van der Waals surface area contributed by atoms with Gasteiger partial charge in [0.1, 0.15) is 5.82 Å². The summed E-state index contributed by atoms with van der Waals surface area (Å²) in [5.74, 6) is 0.671. The molecule has 2 unspecified atom stereocenters. The third-order valence-corrected chi connectivity index (χ3v) is 3.72. The predicted octanol–water partition coefficient (Wildman–Crippen LogP) is 2.19. The van der Waals surface area contributed by atoms with E-state index in [1.807, 2.05) is 6.07 Å². The van der Waals surface area contributed by atoms with Crippen molar-refractivity contribution in [2.75, 3.05) is 0 Å². The summed E-state index contributed by atoms with van der Waals surface area (Å²) in [4.78, 5) is 4.49. The smallest absolute Gasteiger partial charge is 0.192 e. The highest BCUT2D eigenvalue weighted by molar-refractivity contribution is 5.82. The number of benzene rings is 1. The number of nitrogens with zero attached hydrogens (tertiary/aromatic N) is 1. The van der Waals surface area contributed by atoms with Gasteiger partial charge in [-0.05, 0) is 30.5 Å². The van der Waals surface area contributed by atoms with Crippen LogP contribution in [0.25, 0.3) is 0 Å². The van der Waals surface area contributed by atoms with Crippen molar-refractivity contribution in [1.29, 1.82) is 0 Å². The lowest BCUT2D eigenvalue weighted by molar-refractivity contribution is 0.374. The monoisotopic (exact) mass is 247 g/mol. The molecule has 0 radical (unpaired) electrons. The van der Waals surface area contributed by atoms with E-state index in [0.717, 1.165) is 11.5 Å². The van der Waals surface area contributed by atoms with E-state index in [2.05, 4.69) is 15.6 Å². The fourth-order valence-corrected chi connectivity index (χ4v) is 2.77. The molecule has 0 spiro atoms. The molecule has 1 aliphatic carbocycles. The van der Waals surface area contributed by atoms with Gasteiger partial charge in [-0.25, -0.2) is 9.38 Å². The highest BCUT2D eigenvalue weighted by Crippen LogP contribution is 2.21. The maximum absolute atomic E-state index is 13.0. The normalized spacial score (nSPS) is 26.2. The predicted molar refractivity (Wildman–Crippen MR) is 69.9 cm³/mol. The second-order valence-corrected chi connectivity index (χ2v) is 5.08. The molecule has 2 N–H and O–H groups in total. The maximum Gasteiger partial charge on any atom is 0.192 e. The van der Waals surface area contributed by atoms with Gasteiger partial charge in [0, 0.05) is 12.1 Å². The van der Waals surface area contributed by atoms with E-state index in [4.69, 9.17) is 0 Å². The first-order valence-electron chi connectivity index (χ1n) is 6.63. The summed E-state index contributed by atoms with van der Waals surface area (Å²) in [5.41, 5.74) is 0.904. The van der Waals surface area contributed by atoms with Crippen molar-refractivity contribution in [2.45, 2.75) is 44.3 Å². The molecule has 3 nitrogen and oxygen atoms in total. The number of rotatable bonds is 2. The van der Waals surface area contributed by atoms with Crippen molar-refractivity contribution in [2.24, 2.45) is 4.99 Å². The second kappa shape index (κ2) is 4.96. The van der Waals surface area contributed by atoms with Gasteiger partial charge in [-0.15, -0.1) is 0 Å². The molecule has 1 aromatic carbocycles. The largest absolute Gasteiger partial charge is 0.352 e. The van der Waals surface area contributed by atoms with Crippen LogP contribution in [0.2, 0.25) is 0 Å². The molecule has 18 heavy (non-hydrogen) atoms. The maximum atomic E-state index is 13.0. The van der Waals surface area contributed by atoms with Gasteiger partial charge in [0.05, 0.1) is 6.54 Å². The Balaban J connectivity index is 1.63. The molecule has 1 saturated carbocycles. The summed E-state index contributed by atoms with van der Waals surface area (Å²) in [6.45, 7) is 0.520. The van der Waals surface area contributed by atoms with Gasteiger partial charge in [0.25, 0.3) is 0 Å². The number of guanidine groups is 1. The Bertz CT molecular complexity index is 442. The van der Waals surface area contributed by atoms with Crippen LogP contribution in [0.5, 0.6) is 0 Å². The average molecular weight is 247 g/mol. The summed E-state index contributed by atoms with van der Waals surface area (Å²) in [7, 11) is 0. The Labute approximate surface area is 106 Å². The van der Waals surface area contributed by atoms with E-state index >= 15 is 0 Å². The standard InChI is InChI=1S/C14H18FN3/c15-11-5-3-4-10(8-11)9-16-14-17-12-6-1-2-7-13(12)18-14/h3-5,8,12-13H,1-2,6-7,9H2,(H2,16,17,18). The Kier molecular flexibility index (Phi) is 3.17. The zero-order valence-electron chi connectivity index (χ0n) is 10.3. The van der Waals surface area contributed by atoms with Crippen LogP contribution in [0.4, 0.5) is 4.39 Å². The Morgan fingerprint density at radius 1 is 1.17 bits per heavy atom. The molecule has 1 aliphatic heterocycles. The number of nitrogens with one attached hydrogen (secondary N) is 2. The fraction of sp³-hybridized carbons (Fsp3) is 0.500. The second-order valence-electron chi connectivity index (χ2n) is 5.08. The van der Waals surface area contributed by atoms with Crippen LogP contribution in [0, 0.1) is 5.82 Å². The molecule has 2 fully saturated rings. The summed E-state index contributed by atoms with van der Waals surface area (Å²) >= 11 is 0. The van der Waals surface area contributed by atoms with Crippen molar-refractivity contribution in [3.63, 3.8) is 0 Å². The first-order chi connectivity index (χ1) is 8.81. The lowest BCUT2D eigenvalue weighted by atomic mass is 9.92. The van der Waals surface area contributed by atoms with Crippen LogP contribution >= 0.6 is 0 Å². The lowest BCUT2D eigenvalue weighted by Gasteiger charge is -2.23. The van der Waals surface area contributed by atoms with Gasteiger partial charge in [0.15, 0.2) is 5.96 Å². The number of hydrogen-bond donors (Lipinski definition) is 2. The van der Waals surface area contributed by atoms with Crippen LogP contribution in [0.15, 0.2) is 29.3 Å². The van der Waals surface area contributed by atoms with Gasteiger partial charge >= 0.3 is 0 Å². The molecule has 0 bridgehead atoms. The molecule has 1 heterocycles. The Morgan fingerprint density at radius 3 is 2.56 bits per heavy atom. The van der Waals surface area contributed by atoms with Gasteiger partial charge in [-0.1, -0.05) is 25.0 Å². The van der Waals surface area contributed by atoms with Crippen molar-refractivity contribution in [3.05, 3.63) is 35.6 Å². The third kappa shape index (κ3) is 2.47. The molecule has 1 aromatic rings. The highest BCUT2D eigenvalue weighted by Gasteiger charge is 2.31. The minimum absolute atomic E-state index is 0.200. The quantitative estimate of drug-likeness (QED) is 0.840. The van der Waals surface area contributed by atoms with Gasteiger partial charge < -0.3 is 10.6 Å². The first kappa shape index (κ1) is 11.5. The third-order valence-electron chi connectivity index (χ3n) is 3.72. The van der Waals surface area contributed by atoms with Crippen LogP contribution in [-0.4, -0.2) is 18.0 Å².